The van der Waals surface area contributed by atoms with Crippen molar-refractivity contribution in [2.75, 3.05) is 20.4 Å². The summed E-state index contributed by atoms with van der Waals surface area (Å²) < 4.78 is 17.2. The lowest BCUT2D eigenvalue weighted by Gasteiger charge is -2.39. The zero-order chi connectivity index (χ0) is 21.4. The SMILES string of the molecule is CCCCOC(=O)[C@](C)(Cc1ccc(Br)cc1)N(COC)C(=O)OC(C)(C)C. The van der Waals surface area contributed by atoms with Gasteiger partial charge in [-0.05, 0) is 51.8 Å². The van der Waals surface area contributed by atoms with Crippen molar-refractivity contribution in [3.8, 4) is 0 Å². The average Bonchev–Trinajstić information content (AvgIpc) is 2.60. The molecule has 7 heteroatoms. The summed E-state index contributed by atoms with van der Waals surface area (Å²) >= 11 is 3.41. The maximum atomic E-state index is 13.1. The molecule has 0 N–H and O–H groups in total. The molecule has 1 aromatic carbocycles. The number of carbonyl (C=O) groups excluding carboxylic acids is 2. The van der Waals surface area contributed by atoms with E-state index in [4.69, 9.17) is 14.2 Å². The van der Waals surface area contributed by atoms with E-state index in [-0.39, 0.29) is 13.2 Å². The fraction of sp³-hybridized carbons (Fsp3) is 0.619. The topological polar surface area (TPSA) is 65.1 Å². The second-order valence-corrected chi connectivity index (χ2v) is 8.81. The largest absolute Gasteiger partial charge is 0.464 e. The van der Waals surface area contributed by atoms with Crippen LogP contribution in [0.25, 0.3) is 0 Å². The van der Waals surface area contributed by atoms with Crippen LogP contribution in [0.4, 0.5) is 4.79 Å². The van der Waals surface area contributed by atoms with Crippen molar-refractivity contribution in [2.24, 2.45) is 0 Å². The third-order valence-corrected chi connectivity index (χ3v) is 4.63. The number of methoxy groups -OCH3 is 1. The van der Waals surface area contributed by atoms with E-state index >= 15 is 0 Å². The van der Waals surface area contributed by atoms with Gasteiger partial charge in [-0.25, -0.2) is 9.59 Å². The Morgan fingerprint density at radius 1 is 1.11 bits per heavy atom. The minimum absolute atomic E-state index is 0.0924. The quantitative estimate of drug-likeness (QED) is 0.298. The van der Waals surface area contributed by atoms with Gasteiger partial charge in [0.15, 0.2) is 0 Å². The van der Waals surface area contributed by atoms with Crippen LogP contribution < -0.4 is 0 Å². The zero-order valence-corrected chi connectivity index (χ0v) is 19.3. The van der Waals surface area contributed by atoms with Crippen molar-refractivity contribution in [1.29, 1.82) is 0 Å². The van der Waals surface area contributed by atoms with Gasteiger partial charge in [-0.1, -0.05) is 41.4 Å². The highest BCUT2D eigenvalue weighted by atomic mass is 79.9. The summed E-state index contributed by atoms with van der Waals surface area (Å²) in [5.41, 5.74) is -1.09. The van der Waals surface area contributed by atoms with Gasteiger partial charge in [0.25, 0.3) is 0 Å². The predicted molar refractivity (Wildman–Crippen MR) is 112 cm³/mol. The molecular weight excluding hydrogens is 426 g/mol. The average molecular weight is 458 g/mol. The maximum absolute atomic E-state index is 13.1. The minimum atomic E-state index is -1.28. The van der Waals surface area contributed by atoms with Gasteiger partial charge in [0.1, 0.15) is 17.9 Å². The molecule has 0 bridgehead atoms. The van der Waals surface area contributed by atoms with E-state index in [1.165, 1.54) is 12.0 Å². The molecule has 1 amide bonds. The fourth-order valence-electron chi connectivity index (χ4n) is 2.58. The van der Waals surface area contributed by atoms with Crippen LogP contribution in [-0.4, -0.2) is 48.5 Å². The van der Waals surface area contributed by atoms with Crippen LogP contribution >= 0.6 is 15.9 Å². The molecule has 0 heterocycles. The first kappa shape index (κ1) is 24.4. The number of nitrogens with zero attached hydrogens (tertiary/aromatic N) is 1. The number of esters is 1. The van der Waals surface area contributed by atoms with Gasteiger partial charge in [0, 0.05) is 18.0 Å². The summed E-state index contributed by atoms with van der Waals surface area (Å²) in [6, 6.07) is 7.60. The molecule has 1 rings (SSSR count). The highest BCUT2D eigenvalue weighted by Gasteiger charge is 2.45. The Bertz CT molecular complexity index is 641. The molecule has 0 spiro atoms. The molecule has 6 nitrogen and oxygen atoms in total. The minimum Gasteiger partial charge on any atom is -0.464 e. The normalized spacial score (nSPS) is 13.5. The molecular formula is C21H32BrNO5. The van der Waals surface area contributed by atoms with E-state index in [0.717, 1.165) is 22.9 Å². The first-order valence-corrected chi connectivity index (χ1v) is 10.2. The first-order valence-electron chi connectivity index (χ1n) is 9.44. The molecule has 0 unspecified atom stereocenters. The van der Waals surface area contributed by atoms with Crippen molar-refractivity contribution < 1.29 is 23.8 Å². The van der Waals surface area contributed by atoms with Crippen LogP contribution in [0.5, 0.6) is 0 Å². The van der Waals surface area contributed by atoms with Gasteiger partial charge in [-0.2, -0.15) is 0 Å². The zero-order valence-electron chi connectivity index (χ0n) is 17.7. The Balaban J connectivity index is 3.24. The molecule has 0 saturated heterocycles. The lowest BCUT2D eigenvalue weighted by Crippen LogP contribution is -2.58. The molecule has 1 atom stereocenters. The number of ether oxygens (including phenoxy) is 3. The van der Waals surface area contributed by atoms with Gasteiger partial charge >= 0.3 is 12.1 Å². The Morgan fingerprint density at radius 3 is 2.21 bits per heavy atom. The van der Waals surface area contributed by atoms with Gasteiger partial charge in [-0.15, -0.1) is 0 Å². The third-order valence-electron chi connectivity index (χ3n) is 4.10. The fourth-order valence-corrected chi connectivity index (χ4v) is 2.85. The van der Waals surface area contributed by atoms with Crippen LogP contribution in [0.3, 0.4) is 0 Å². The van der Waals surface area contributed by atoms with E-state index in [2.05, 4.69) is 15.9 Å². The monoisotopic (exact) mass is 457 g/mol. The summed E-state index contributed by atoms with van der Waals surface area (Å²) in [4.78, 5) is 27.2. The number of hydrogen-bond donors (Lipinski definition) is 0. The Morgan fingerprint density at radius 2 is 1.71 bits per heavy atom. The number of hydrogen-bond acceptors (Lipinski definition) is 5. The standard InChI is InChI=1S/C21H32BrNO5/c1-7-8-13-27-18(24)21(5,14-16-9-11-17(22)12-10-16)23(15-26-6)19(25)28-20(2,3)4/h9-12H,7-8,13-15H2,1-6H3/t21-/m0/s1. The van der Waals surface area contributed by atoms with Crippen molar-refractivity contribution in [1.82, 2.24) is 4.90 Å². The number of unbranched alkanes of at least 4 members (excludes halogenated alkanes) is 1. The molecule has 0 fully saturated rings. The highest BCUT2D eigenvalue weighted by molar-refractivity contribution is 9.10. The van der Waals surface area contributed by atoms with Crippen molar-refractivity contribution in [3.05, 3.63) is 34.3 Å². The van der Waals surface area contributed by atoms with Crippen LogP contribution in [0.1, 0.15) is 53.0 Å². The number of benzene rings is 1. The summed E-state index contributed by atoms with van der Waals surface area (Å²) in [7, 11) is 1.47. The van der Waals surface area contributed by atoms with Crippen LogP contribution in [0.15, 0.2) is 28.7 Å². The van der Waals surface area contributed by atoms with Crippen LogP contribution in [0, 0.1) is 0 Å². The van der Waals surface area contributed by atoms with Crippen LogP contribution in [-0.2, 0) is 25.4 Å². The third kappa shape index (κ3) is 7.43. The second-order valence-electron chi connectivity index (χ2n) is 7.89. The molecule has 1 aromatic rings. The molecule has 0 radical (unpaired) electrons. The van der Waals surface area contributed by atoms with E-state index in [1.54, 1.807) is 27.7 Å². The number of amides is 1. The van der Waals surface area contributed by atoms with Gasteiger partial charge in [0.05, 0.1) is 6.61 Å². The summed E-state index contributed by atoms with van der Waals surface area (Å²) in [6.07, 6.45) is 1.32. The second kappa shape index (κ2) is 10.8. The molecule has 0 aromatic heterocycles. The van der Waals surface area contributed by atoms with E-state index in [9.17, 15) is 9.59 Å². The van der Waals surface area contributed by atoms with Gasteiger partial charge in [0.2, 0.25) is 0 Å². The maximum Gasteiger partial charge on any atom is 0.413 e. The van der Waals surface area contributed by atoms with E-state index in [0.29, 0.717) is 6.61 Å². The highest BCUT2D eigenvalue weighted by Crippen LogP contribution is 2.26. The van der Waals surface area contributed by atoms with Gasteiger partial charge < -0.3 is 14.2 Å². The Hall–Kier alpha value is -1.60. The molecule has 0 saturated carbocycles. The number of rotatable bonds is 9. The molecule has 0 aliphatic carbocycles. The van der Waals surface area contributed by atoms with Crippen molar-refractivity contribution in [2.45, 2.75) is 65.0 Å². The molecule has 0 aliphatic rings. The predicted octanol–water partition coefficient (Wildman–Crippen LogP) is 4.93. The summed E-state index contributed by atoms with van der Waals surface area (Å²) in [5.74, 6) is -0.480. The summed E-state index contributed by atoms with van der Waals surface area (Å²) in [6.45, 7) is 9.26. The first-order chi connectivity index (χ1) is 13.0. The van der Waals surface area contributed by atoms with E-state index in [1.807, 2.05) is 31.2 Å². The number of halogens is 1. The lowest BCUT2D eigenvalue weighted by molar-refractivity contribution is -0.160. The van der Waals surface area contributed by atoms with Crippen molar-refractivity contribution in [3.63, 3.8) is 0 Å². The Kier molecular flexibility index (Phi) is 9.44. The number of carbonyl (C=O) groups is 2. The van der Waals surface area contributed by atoms with Crippen molar-refractivity contribution >= 4 is 28.0 Å². The molecule has 158 valence electrons. The van der Waals surface area contributed by atoms with Gasteiger partial charge in [-0.3, -0.25) is 4.90 Å². The smallest absolute Gasteiger partial charge is 0.413 e. The molecule has 28 heavy (non-hydrogen) atoms. The summed E-state index contributed by atoms with van der Waals surface area (Å²) in [5, 5.41) is 0. The lowest BCUT2D eigenvalue weighted by atomic mass is 9.91. The van der Waals surface area contributed by atoms with E-state index < -0.39 is 23.2 Å². The Labute approximate surface area is 176 Å². The molecule has 0 aliphatic heterocycles. The van der Waals surface area contributed by atoms with Crippen LogP contribution in [0.2, 0.25) is 0 Å².